The van der Waals surface area contributed by atoms with Crippen LogP contribution >= 0.6 is 15.9 Å². The number of aliphatic hydroxyl groups is 2. The molecule has 0 atom stereocenters. The lowest BCUT2D eigenvalue weighted by Crippen LogP contribution is -2.40. The van der Waals surface area contributed by atoms with Crippen molar-refractivity contribution >= 4 is 21.6 Å². The molecule has 106 valence electrons. The molecule has 1 saturated carbocycles. The molecule has 0 amide bonds. The number of hydrogen-bond acceptors (Lipinski definition) is 5. The second kappa shape index (κ2) is 6.02. The van der Waals surface area contributed by atoms with Gasteiger partial charge in [0.15, 0.2) is 0 Å². The van der Waals surface area contributed by atoms with E-state index in [1.165, 1.54) is 4.68 Å². The summed E-state index contributed by atoms with van der Waals surface area (Å²) in [7, 11) is 0. The van der Waals surface area contributed by atoms with Gasteiger partial charge in [-0.3, -0.25) is 4.79 Å². The molecular weight excluding hydrogens is 314 g/mol. The summed E-state index contributed by atoms with van der Waals surface area (Å²) in [4.78, 5) is 12.0. The monoisotopic (exact) mass is 331 g/mol. The summed E-state index contributed by atoms with van der Waals surface area (Å²) in [6, 6.07) is 0. The zero-order chi connectivity index (χ0) is 13.9. The van der Waals surface area contributed by atoms with Crippen LogP contribution in [-0.4, -0.2) is 38.7 Å². The summed E-state index contributed by atoms with van der Waals surface area (Å²) in [6.07, 6.45) is 5.46. The van der Waals surface area contributed by atoms with Gasteiger partial charge in [-0.1, -0.05) is 12.8 Å². The third-order valence-corrected chi connectivity index (χ3v) is 4.33. The van der Waals surface area contributed by atoms with Crippen molar-refractivity contribution in [2.75, 3.05) is 18.5 Å². The molecule has 1 fully saturated rings. The van der Waals surface area contributed by atoms with Crippen molar-refractivity contribution in [2.24, 2.45) is 0 Å². The minimum atomic E-state index is -0.347. The largest absolute Gasteiger partial charge is 0.394 e. The summed E-state index contributed by atoms with van der Waals surface area (Å²) in [5, 5.41) is 25.7. The van der Waals surface area contributed by atoms with E-state index in [1.54, 1.807) is 6.20 Å². The van der Waals surface area contributed by atoms with E-state index >= 15 is 0 Å². The minimum Gasteiger partial charge on any atom is -0.394 e. The Morgan fingerprint density at radius 3 is 2.68 bits per heavy atom. The van der Waals surface area contributed by atoms with Crippen LogP contribution < -0.4 is 10.9 Å². The van der Waals surface area contributed by atoms with E-state index in [2.05, 4.69) is 26.3 Å². The van der Waals surface area contributed by atoms with Gasteiger partial charge in [-0.05, 0) is 28.8 Å². The lowest BCUT2D eigenvalue weighted by Gasteiger charge is -2.29. The molecular formula is C12H18BrN3O3. The van der Waals surface area contributed by atoms with Crippen molar-refractivity contribution in [1.29, 1.82) is 0 Å². The SMILES string of the molecule is O=c1c(Br)c(NC2(CO)CCCC2)cnn1CCO. The smallest absolute Gasteiger partial charge is 0.283 e. The normalized spacial score (nSPS) is 17.6. The van der Waals surface area contributed by atoms with Gasteiger partial charge in [0.05, 0.1) is 37.2 Å². The summed E-state index contributed by atoms with van der Waals surface area (Å²) in [5.41, 5.74) is -0.0416. The standard InChI is InChI=1S/C12H18BrN3O3/c13-10-9(7-14-16(5-6-17)11(10)19)15-12(8-18)3-1-2-4-12/h7,15,17-18H,1-6,8H2. The molecule has 2 rings (SSSR count). The number of hydrogen-bond donors (Lipinski definition) is 3. The first-order valence-electron chi connectivity index (χ1n) is 6.37. The zero-order valence-electron chi connectivity index (χ0n) is 10.6. The molecule has 19 heavy (non-hydrogen) atoms. The maximum atomic E-state index is 12.0. The van der Waals surface area contributed by atoms with Crippen molar-refractivity contribution in [2.45, 2.75) is 37.8 Å². The van der Waals surface area contributed by atoms with Crippen molar-refractivity contribution in [3.8, 4) is 0 Å². The second-order valence-corrected chi connectivity index (χ2v) is 5.69. The van der Waals surface area contributed by atoms with Crippen LogP contribution in [0.5, 0.6) is 0 Å². The topological polar surface area (TPSA) is 87.4 Å². The Kier molecular flexibility index (Phi) is 4.59. The highest BCUT2D eigenvalue weighted by Crippen LogP contribution is 2.33. The maximum Gasteiger partial charge on any atom is 0.283 e. The Balaban J connectivity index is 2.26. The minimum absolute atomic E-state index is 0.0408. The highest BCUT2D eigenvalue weighted by molar-refractivity contribution is 9.10. The fourth-order valence-electron chi connectivity index (χ4n) is 2.47. The Morgan fingerprint density at radius 2 is 2.11 bits per heavy atom. The first kappa shape index (κ1) is 14.5. The Labute approximate surface area is 119 Å². The summed E-state index contributed by atoms with van der Waals surface area (Å²) in [5.74, 6) is 0. The molecule has 1 aromatic rings. The van der Waals surface area contributed by atoms with Gasteiger partial charge < -0.3 is 15.5 Å². The van der Waals surface area contributed by atoms with Crippen LogP contribution in [0, 0.1) is 0 Å². The van der Waals surface area contributed by atoms with Crippen molar-refractivity contribution in [1.82, 2.24) is 9.78 Å². The molecule has 0 bridgehead atoms. The van der Waals surface area contributed by atoms with E-state index in [4.69, 9.17) is 5.11 Å². The molecule has 1 aliphatic carbocycles. The third-order valence-electron chi connectivity index (χ3n) is 3.56. The van der Waals surface area contributed by atoms with Gasteiger partial charge in [-0.2, -0.15) is 5.10 Å². The third kappa shape index (κ3) is 2.98. The fraction of sp³-hybridized carbons (Fsp3) is 0.667. The lowest BCUT2D eigenvalue weighted by atomic mass is 9.99. The van der Waals surface area contributed by atoms with Crippen LogP contribution in [-0.2, 0) is 6.54 Å². The Morgan fingerprint density at radius 1 is 1.42 bits per heavy atom. The van der Waals surface area contributed by atoms with Crippen LogP contribution in [0.15, 0.2) is 15.5 Å². The molecule has 0 aromatic carbocycles. The number of anilines is 1. The molecule has 0 aliphatic heterocycles. The van der Waals surface area contributed by atoms with Gasteiger partial charge in [0.1, 0.15) is 4.47 Å². The van der Waals surface area contributed by atoms with E-state index in [-0.39, 0.29) is 30.9 Å². The van der Waals surface area contributed by atoms with E-state index in [1.807, 2.05) is 0 Å². The molecule has 1 aromatic heterocycles. The summed E-state index contributed by atoms with van der Waals surface area (Å²) >= 11 is 3.26. The number of nitrogens with zero attached hydrogens (tertiary/aromatic N) is 2. The Bertz CT molecular complexity index is 497. The first-order chi connectivity index (χ1) is 9.12. The molecule has 0 radical (unpaired) electrons. The zero-order valence-corrected chi connectivity index (χ0v) is 12.2. The highest BCUT2D eigenvalue weighted by atomic mass is 79.9. The number of rotatable bonds is 5. The number of aromatic nitrogens is 2. The van der Waals surface area contributed by atoms with Crippen LogP contribution in [0.4, 0.5) is 5.69 Å². The van der Waals surface area contributed by atoms with Crippen molar-refractivity contribution in [3.63, 3.8) is 0 Å². The molecule has 7 heteroatoms. The number of halogens is 1. The molecule has 0 saturated heterocycles. The van der Waals surface area contributed by atoms with E-state index < -0.39 is 0 Å². The van der Waals surface area contributed by atoms with Gasteiger partial charge in [-0.15, -0.1) is 0 Å². The van der Waals surface area contributed by atoms with Crippen LogP contribution in [0.2, 0.25) is 0 Å². The summed E-state index contributed by atoms with van der Waals surface area (Å²) < 4.78 is 1.59. The molecule has 6 nitrogen and oxygen atoms in total. The second-order valence-electron chi connectivity index (χ2n) is 4.89. The molecule has 1 aliphatic rings. The van der Waals surface area contributed by atoms with Gasteiger partial charge in [0.2, 0.25) is 0 Å². The fourth-order valence-corrected chi connectivity index (χ4v) is 2.87. The molecule has 0 unspecified atom stereocenters. The molecule has 3 N–H and O–H groups in total. The molecule has 1 heterocycles. The van der Waals surface area contributed by atoms with E-state index in [0.29, 0.717) is 10.2 Å². The quantitative estimate of drug-likeness (QED) is 0.739. The predicted molar refractivity (Wildman–Crippen MR) is 75.2 cm³/mol. The predicted octanol–water partition coefficient (Wildman–Crippen LogP) is 0.715. The van der Waals surface area contributed by atoms with Crippen LogP contribution in [0.1, 0.15) is 25.7 Å². The summed E-state index contributed by atoms with van der Waals surface area (Å²) in [6.45, 7) is 0.0781. The van der Waals surface area contributed by atoms with E-state index in [0.717, 1.165) is 25.7 Å². The van der Waals surface area contributed by atoms with Gasteiger partial charge in [-0.25, -0.2) is 4.68 Å². The Hall–Kier alpha value is -0.920. The average molecular weight is 332 g/mol. The lowest BCUT2D eigenvalue weighted by molar-refractivity contribution is 0.214. The van der Waals surface area contributed by atoms with Crippen LogP contribution in [0.25, 0.3) is 0 Å². The molecule has 0 spiro atoms. The van der Waals surface area contributed by atoms with E-state index in [9.17, 15) is 9.90 Å². The maximum absolute atomic E-state index is 12.0. The first-order valence-corrected chi connectivity index (χ1v) is 7.17. The van der Waals surface area contributed by atoms with Crippen LogP contribution in [0.3, 0.4) is 0 Å². The number of nitrogens with one attached hydrogen (secondary N) is 1. The van der Waals surface area contributed by atoms with Crippen molar-refractivity contribution in [3.05, 3.63) is 21.0 Å². The highest BCUT2D eigenvalue weighted by Gasteiger charge is 2.33. The average Bonchev–Trinajstić information content (AvgIpc) is 2.88. The van der Waals surface area contributed by atoms with Crippen molar-refractivity contribution < 1.29 is 10.2 Å². The van der Waals surface area contributed by atoms with Gasteiger partial charge in [0, 0.05) is 0 Å². The number of aliphatic hydroxyl groups excluding tert-OH is 2. The van der Waals surface area contributed by atoms with Gasteiger partial charge in [0.25, 0.3) is 5.56 Å². The van der Waals surface area contributed by atoms with Gasteiger partial charge >= 0.3 is 0 Å².